The standard InChI is InChI=1S/C15H28N2O2S/c1-15(13-6-7-13)11-17(8-3-9-20(2,18)19)14(10-16-15)12-4-5-12/h12-14,16H,3-11H2,1-2H3. The van der Waals surface area contributed by atoms with Crippen LogP contribution >= 0.6 is 0 Å². The molecule has 1 heterocycles. The van der Waals surface area contributed by atoms with E-state index in [1.807, 2.05) is 0 Å². The molecule has 2 saturated carbocycles. The maximum Gasteiger partial charge on any atom is 0.147 e. The minimum atomic E-state index is -2.82. The van der Waals surface area contributed by atoms with Crippen LogP contribution < -0.4 is 5.32 Å². The minimum absolute atomic E-state index is 0.260. The lowest BCUT2D eigenvalue weighted by Gasteiger charge is -2.47. The van der Waals surface area contributed by atoms with Crippen molar-refractivity contribution in [1.82, 2.24) is 10.2 Å². The fourth-order valence-corrected chi connectivity index (χ4v) is 4.43. The molecule has 1 N–H and O–H groups in total. The van der Waals surface area contributed by atoms with E-state index in [4.69, 9.17) is 0 Å². The van der Waals surface area contributed by atoms with Gasteiger partial charge in [-0.1, -0.05) is 0 Å². The van der Waals surface area contributed by atoms with Gasteiger partial charge in [0.2, 0.25) is 0 Å². The van der Waals surface area contributed by atoms with Crippen molar-refractivity contribution in [3.8, 4) is 0 Å². The van der Waals surface area contributed by atoms with Crippen molar-refractivity contribution in [2.75, 3.05) is 31.6 Å². The third-order valence-corrected chi connectivity index (χ3v) is 6.35. The van der Waals surface area contributed by atoms with Crippen LogP contribution in [-0.4, -0.2) is 56.5 Å². The fourth-order valence-electron chi connectivity index (χ4n) is 3.78. The highest BCUT2D eigenvalue weighted by Gasteiger charge is 2.48. The minimum Gasteiger partial charge on any atom is -0.308 e. The lowest BCUT2D eigenvalue weighted by atomic mass is 9.89. The van der Waals surface area contributed by atoms with E-state index >= 15 is 0 Å². The van der Waals surface area contributed by atoms with Gasteiger partial charge in [0, 0.05) is 30.9 Å². The zero-order valence-electron chi connectivity index (χ0n) is 12.8. The summed E-state index contributed by atoms with van der Waals surface area (Å²) in [6.45, 7) is 5.49. The van der Waals surface area contributed by atoms with Crippen LogP contribution in [0.15, 0.2) is 0 Å². The van der Waals surface area contributed by atoms with Gasteiger partial charge in [0.05, 0.1) is 5.75 Å². The first-order valence-electron chi connectivity index (χ1n) is 8.04. The first-order valence-corrected chi connectivity index (χ1v) is 10.1. The van der Waals surface area contributed by atoms with E-state index in [1.165, 1.54) is 31.9 Å². The third kappa shape index (κ3) is 3.55. The molecule has 3 rings (SSSR count). The molecule has 1 aliphatic heterocycles. The number of piperazine rings is 1. The van der Waals surface area contributed by atoms with E-state index in [-0.39, 0.29) is 5.54 Å². The summed E-state index contributed by atoms with van der Waals surface area (Å²) >= 11 is 0. The van der Waals surface area contributed by atoms with Crippen LogP contribution in [-0.2, 0) is 9.84 Å². The molecule has 0 aromatic rings. The van der Waals surface area contributed by atoms with Gasteiger partial charge in [0.15, 0.2) is 0 Å². The number of nitrogens with zero attached hydrogens (tertiary/aromatic N) is 1. The van der Waals surface area contributed by atoms with Crippen LogP contribution in [0.5, 0.6) is 0 Å². The van der Waals surface area contributed by atoms with E-state index in [1.54, 1.807) is 0 Å². The van der Waals surface area contributed by atoms with Gasteiger partial charge in [0.1, 0.15) is 9.84 Å². The normalized spacial score (nSPS) is 36.2. The molecule has 116 valence electrons. The number of sulfone groups is 1. The molecule has 2 unspecified atom stereocenters. The SMILES string of the molecule is CC1(C2CC2)CN(CCCS(C)(=O)=O)C(C2CC2)CN1. The third-order valence-electron chi connectivity index (χ3n) is 5.32. The van der Waals surface area contributed by atoms with Gasteiger partial charge in [-0.2, -0.15) is 0 Å². The zero-order valence-corrected chi connectivity index (χ0v) is 13.6. The van der Waals surface area contributed by atoms with Crippen LogP contribution in [0.25, 0.3) is 0 Å². The molecule has 2 aliphatic carbocycles. The number of hydrogen-bond donors (Lipinski definition) is 1. The van der Waals surface area contributed by atoms with Crippen molar-refractivity contribution in [3.63, 3.8) is 0 Å². The molecule has 20 heavy (non-hydrogen) atoms. The van der Waals surface area contributed by atoms with Gasteiger partial charge in [-0.05, 0) is 57.4 Å². The summed E-state index contributed by atoms with van der Waals surface area (Å²) in [7, 11) is -2.82. The molecule has 0 aromatic heterocycles. The summed E-state index contributed by atoms with van der Waals surface area (Å²) < 4.78 is 22.6. The molecule has 0 aromatic carbocycles. The maximum absolute atomic E-state index is 11.3. The van der Waals surface area contributed by atoms with Crippen LogP contribution in [0.1, 0.15) is 39.0 Å². The lowest BCUT2D eigenvalue weighted by molar-refractivity contribution is 0.0645. The highest BCUT2D eigenvalue weighted by Crippen LogP contribution is 2.44. The van der Waals surface area contributed by atoms with E-state index in [0.29, 0.717) is 11.8 Å². The molecule has 5 heteroatoms. The molecule has 0 radical (unpaired) electrons. The average Bonchev–Trinajstić information content (AvgIpc) is 3.20. The molecule has 3 aliphatic rings. The Morgan fingerprint density at radius 3 is 2.50 bits per heavy atom. The Labute approximate surface area is 123 Å². The summed E-state index contributed by atoms with van der Waals surface area (Å²) in [4.78, 5) is 2.59. The Bertz CT molecular complexity index is 456. The second kappa shape index (κ2) is 5.25. The number of rotatable bonds is 6. The van der Waals surface area contributed by atoms with Gasteiger partial charge >= 0.3 is 0 Å². The highest BCUT2D eigenvalue weighted by atomic mass is 32.2. The quantitative estimate of drug-likeness (QED) is 0.803. The van der Waals surface area contributed by atoms with Crippen molar-refractivity contribution in [2.24, 2.45) is 11.8 Å². The van der Waals surface area contributed by atoms with Crippen molar-refractivity contribution < 1.29 is 8.42 Å². The molecule has 2 atom stereocenters. The first-order chi connectivity index (χ1) is 9.37. The first kappa shape index (κ1) is 14.8. The second-order valence-electron chi connectivity index (χ2n) is 7.43. The molecule has 3 fully saturated rings. The summed E-state index contributed by atoms with van der Waals surface area (Å²) in [5.74, 6) is 2.01. The van der Waals surface area contributed by atoms with Crippen LogP contribution in [0.2, 0.25) is 0 Å². The van der Waals surface area contributed by atoms with Crippen LogP contribution in [0, 0.1) is 11.8 Å². The van der Waals surface area contributed by atoms with E-state index in [2.05, 4.69) is 17.1 Å². The van der Waals surface area contributed by atoms with E-state index < -0.39 is 9.84 Å². The summed E-state index contributed by atoms with van der Waals surface area (Å²) in [6.07, 6.45) is 7.55. The Morgan fingerprint density at radius 2 is 1.95 bits per heavy atom. The van der Waals surface area contributed by atoms with Crippen molar-refractivity contribution in [3.05, 3.63) is 0 Å². The van der Waals surface area contributed by atoms with Crippen LogP contribution in [0.4, 0.5) is 0 Å². The van der Waals surface area contributed by atoms with Gasteiger partial charge in [-0.15, -0.1) is 0 Å². The largest absolute Gasteiger partial charge is 0.308 e. The molecule has 0 spiro atoms. The van der Waals surface area contributed by atoms with Gasteiger partial charge < -0.3 is 5.32 Å². The van der Waals surface area contributed by atoms with Gasteiger partial charge in [0.25, 0.3) is 0 Å². The molecule has 1 saturated heterocycles. The van der Waals surface area contributed by atoms with Crippen molar-refractivity contribution in [1.29, 1.82) is 0 Å². The Balaban J connectivity index is 1.60. The number of hydrogen-bond acceptors (Lipinski definition) is 4. The summed E-state index contributed by atoms with van der Waals surface area (Å²) in [5, 5.41) is 3.81. The average molecular weight is 300 g/mol. The fraction of sp³-hybridized carbons (Fsp3) is 1.00. The van der Waals surface area contributed by atoms with Crippen molar-refractivity contribution >= 4 is 9.84 Å². The topological polar surface area (TPSA) is 49.4 Å². The molecule has 0 amide bonds. The Kier molecular flexibility index (Phi) is 3.89. The molecular weight excluding hydrogens is 272 g/mol. The Morgan fingerprint density at radius 1 is 1.25 bits per heavy atom. The molecule has 0 bridgehead atoms. The molecule has 4 nitrogen and oxygen atoms in total. The predicted molar refractivity (Wildman–Crippen MR) is 81.5 cm³/mol. The van der Waals surface area contributed by atoms with Crippen LogP contribution in [0.3, 0.4) is 0 Å². The predicted octanol–water partition coefficient (Wildman–Crippen LogP) is 1.27. The summed E-state index contributed by atoms with van der Waals surface area (Å²) in [5.41, 5.74) is 0.260. The maximum atomic E-state index is 11.3. The van der Waals surface area contributed by atoms with Gasteiger partial charge in [-0.25, -0.2) is 8.42 Å². The second-order valence-corrected chi connectivity index (χ2v) is 9.69. The van der Waals surface area contributed by atoms with E-state index in [9.17, 15) is 8.42 Å². The number of nitrogens with one attached hydrogen (secondary N) is 1. The smallest absolute Gasteiger partial charge is 0.147 e. The molecular formula is C15H28N2O2S. The zero-order chi connectivity index (χ0) is 14.4. The summed E-state index contributed by atoms with van der Waals surface area (Å²) in [6, 6.07) is 0.640. The monoisotopic (exact) mass is 300 g/mol. The van der Waals surface area contributed by atoms with Gasteiger partial charge in [-0.3, -0.25) is 4.90 Å². The highest BCUT2D eigenvalue weighted by molar-refractivity contribution is 7.90. The lowest BCUT2D eigenvalue weighted by Crippen LogP contribution is -2.64. The van der Waals surface area contributed by atoms with E-state index in [0.717, 1.165) is 37.9 Å². The Hall–Kier alpha value is -0.130. The van der Waals surface area contributed by atoms with Crippen molar-refractivity contribution in [2.45, 2.75) is 50.6 Å².